The quantitative estimate of drug-likeness (QED) is 0.266. The molecule has 0 spiro atoms. The van der Waals surface area contributed by atoms with E-state index in [0.717, 1.165) is 29.6 Å². The van der Waals surface area contributed by atoms with Crippen LogP contribution in [0.2, 0.25) is 19.6 Å². The highest BCUT2D eigenvalue weighted by atomic mass is 28.4. The van der Waals surface area contributed by atoms with Crippen LogP contribution >= 0.6 is 0 Å². The summed E-state index contributed by atoms with van der Waals surface area (Å²) in [6.45, 7) is 23.9. The molecule has 3 fully saturated rings. The summed E-state index contributed by atoms with van der Waals surface area (Å²) in [7, 11) is -1.46. The van der Waals surface area contributed by atoms with E-state index in [1.807, 2.05) is 0 Å². The third kappa shape index (κ3) is 4.86. The molecule has 8 unspecified atom stereocenters. The first-order valence-corrected chi connectivity index (χ1v) is 17.8. The molecule has 0 aromatic rings. The van der Waals surface area contributed by atoms with Crippen molar-refractivity contribution in [2.45, 2.75) is 125 Å². The van der Waals surface area contributed by atoms with E-state index in [1.54, 1.807) is 5.57 Å². The van der Waals surface area contributed by atoms with Crippen LogP contribution in [0.3, 0.4) is 0 Å². The van der Waals surface area contributed by atoms with Crippen molar-refractivity contribution in [2.75, 3.05) is 0 Å². The summed E-state index contributed by atoms with van der Waals surface area (Å²) in [4.78, 5) is 0. The second-order valence-corrected chi connectivity index (χ2v) is 18.9. The highest BCUT2D eigenvalue weighted by Crippen LogP contribution is 2.67. The fourth-order valence-electron chi connectivity index (χ4n) is 9.11. The molecule has 4 rings (SSSR count). The maximum Gasteiger partial charge on any atom is 0.184 e. The second kappa shape index (κ2) is 9.27. The Kier molecular flexibility index (Phi) is 7.23. The molecule has 0 bridgehead atoms. The third-order valence-corrected chi connectivity index (χ3v) is 12.1. The van der Waals surface area contributed by atoms with Gasteiger partial charge < -0.3 is 4.43 Å². The normalized spacial score (nSPS) is 41.7. The van der Waals surface area contributed by atoms with Crippen LogP contribution in [0, 0.1) is 46.3 Å². The predicted octanol–water partition coefficient (Wildman–Crippen LogP) is 9.41. The number of fused-ring (bicyclic) bond motifs is 5. The van der Waals surface area contributed by atoms with Crippen molar-refractivity contribution in [1.29, 1.82) is 0 Å². The van der Waals surface area contributed by atoms with Crippen molar-refractivity contribution >= 4 is 8.32 Å². The van der Waals surface area contributed by atoms with Gasteiger partial charge in [0.05, 0.1) is 0 Å². The standard InChI is InChI=1S/C31H54OSi/c1-21(2)22(3)10-11-23(4)27-14-15-28-26-13-12-24-20-25(32-33(7,8)9)16-18-30(24,5)29(26)17-19-31(27,28)6/h12,21,23,25-29H,3,10-11,13-20H2,1-2,4-9H3. The molecule has 0 radical (unpaired) electrons. The molecular formula is C31H54OSi. The highest BCUT2D eigenvalue weighted by molar-refractivity contribution is 6.69. The van der Waals surface area contributed by atoms with Crippen LogP contribution in [0.25, 0.3) is 0 Å². The van der Waals surface area contributed by atoms with Crippen LogP contribution in [0.4, 0.5) is 0 Å². The van der Waals surface area contributed by atoms with E-state index in [9.17, 15) is 0 Å². The van der Waals surface area contributed by atoms with Gasteiger partial charge in [0.15, 0.2) is 8.32 Å². The molecule has 188 valence electrons. The molecule has 0 aromatic heterocycles. The van der Waals surface area contributed by atoms with Gasteiger partial charge >= 0.3 is 0 Å². The Morgan fingerprint density at radius 3 is 2.45 bits per heavy atom. The van der Waals surface area contributed by atoms with Gasteiger partial charge in [0.2, 0.25) is 0 Å². The van der Waals surface area contributed by atoms with E-state index in [2.05, 4.69) is 66.9 Å². The SMILES string of the molecule is C=C(CCC(C)C1CCC2C3CC=C4CC(O[Si](C)(C)C)CCC4(C)C3CCC12C)C(C)C. The Hall–Kier alpha value is -0.343. The van der Waals surface area contributed by atoms with Gasteiger partial charge in [0.1, 0.15) is 0 Å². The van der Waals surface area contributed by atoms with Crippen molar-refractivity contribution in [1.82, 2.24) is 0 Å². The van der Waals surface area contributed by atoms with Gasteiger partial charge in [-0.05, 0) is 130 Å². The summed E-state index contributed by atoms with van der Waals surface area (Å²) >= 11 is 0. The summed E-state index contributed by atoms with van der Waals surface area (Å²) in [5.74, 6) is 5.18. The average molecular weight is 471 g/mol. The zero-order valence-corrected chi connectivity index (χ0v) is 24.3. The molecule has 0 N–H and O–H groups in total. The van der Waals surface area contributed by atoms with Crippen molar-refractivity contribution in [3.8, 4) is 0 Å². The maximum absolute atomic E-state index is 6.58. The lowest BCUT2D eigenvalue weighted by atomic mass is 9.47. The Bertz CT molecular complexity index is 759. The van der Waals surface area contributed by atoms with Gasteiger partial charge in [-0.1, -0.05) is 58.4 Å². The molecule has 33 heavy (non-hydrogen) atoms. The molecule has 3 saturated carbocycles. The van der Waals surface area contributed by atoms with Gasteiger partial charge in [0.25, 0.3) is 0 Å². The molecule has 2 heteroatoms. The van der Waals surface area contributed by atoms with Crippen LogP contribution in [0.15, 0.2) is 23.8 Å². The summed E-state index contributed by atoms with van der Waals surface area (Å²) in [5.41, 5.74) is 4.25. The summed E-state index contributed by atoms with van der Waals surface area (Å²) < 4.78 is 6.58. The molecule has 4 aliphatic rings. The second-order valence-electron chi connectivity index (χ2n) is 14.4. The monoisotopic (exact) mass is 470 g/mol. The predicted molar refractivity (Wildman–Crippen MR) is 146 cm³/mol. The Morgan fingerprint density at radius 1 is 1.06 bits per heavy atom. The molecule has 0 aromatic carbocycles. The van der Waals surface area contributed by atoms with Gasteiger partial charge in [-0.25, -0.2) is 0 Å². The first kappa shape index (κ1) is 25.7. The Balaban J connectivity index is 1.46. The maximum atomic E-state index is 6.58. The van der Waals surface area contributed by atoms with E-state index < -0.39 is 8.32 Å². The molecule has 8 atom stereocenters. The molecule has 0 aliphatic heterocycles. The van der Waals surface area contributed by atoms with Gasteiger partial charge in [-0.2, -0.15) is 0 Å². The molecule has 0 heterocycles. The number of allylic oxidation sites excluding steroid dienone is 2. The van der Waals surface area contributed by atoms with Crippen LogP contribution in [-0.2, 0) is 4.43 Å². The van der Waals surface area contributed by atoms with Crippen molar-refractivity contribution in [3.05, 3.63) is 23.8 Å². The first-order chi connectivity index (χ1) is 15.3. The van der Waals surface area contributed by atoms with Crippen molar-refractivity contribution in [3.63, 3.8) is 0 Å². The van der Waals surface area contributed by atoms with Gasteiger partial charge in [-0.3, -0.25) is 0 Å². The van der Waals surface area contributed by atoms with E-state index >= 15 is 0 Å². The zero-order valence-electron chi connectivity index (χ0n) is 23.3. The average Bonchev–Trinajstić information content (AvgIpc) is 3.08. The smallest absolute Gasteiger partial charge is 0.184 e. The minimum Gasteiger partial charge on any atom is -0.414 e. The van der Waals surface area contributed by atoms with E-state index in [1.165, 1.54) is 69.8 Å². The number of rotatable bonds is 7. The highest BCUT2D eigenvalue weighted by Gasteiger charge is 2.59. The van der Waals surface area contributed by atoms with Gasteiger partial charge in [-0.15, -0.1) is 0 Å². The van der Waals surface area contributed by atoms with Gasteiger partial charge in [0, 0.05) is 6.10 Å². The van der Waals surface area contributed by atoms with Crippen molar-refractivity contribution in [2.24, 2.45) is 46.3 Å². The van der Waals surface area contributed by atoms with Crippen LogP contribution in [0.1, 0.15) is 98.8 Å². The zero-order chi connectivity index (χ0) is 24.2. The fraction of sp³-hybridized carbons (Fsp3) is 0.871. The van der Waals surface area contributed by atoms with Crippen LogP contribution in [0.5, 0.6) is 0 Å². The number of hydrogen-bond donors (Lipinski definition) is 0. The van der Waals surface area contributed by atoms with Crippen LogP contribution in [-0.4, -0.2) is 14.4 Å². The summed E-state index contributed by atoms with van der Waals surface area (Å²) in [6, 6.07) is 0. The molecule has 0 amide bonds. The lowest BCUT2D eigenvalue weighted by Crippen LogP contribution is -2.51. The molecule has 4 aliphatic carbocycles. The Labute approximate surface area is 207 Å². The molecule has 1 nitrogen and oxygen atoms in total. The minimum absolute atomic E-state index is 0.447. The summed E-state index contributed by atoms with van der Waals surface area (Å²) in [5, 5.41) is 0. The lowest BCUT2D eigenvalue weighted by Gasteiger charge is -2.58. The topological polar surface area (TPSA) is 9.23 Å². The summed E-state index contributed by atoms with van der Waals surface area (Å²) in [6.07, 6.45) is 16.9. The largest absolute Gasteiger partial charge is 0.414 e. The van der Waals surface area contributed by atoms with Crippen molar-refractivity contribution < 1.29 is 4.43 Å². The molecule has 0 saturated heterocycles. The minimum atomic E-state index is -1.46. The molecular weight excluding hydrogens is 416 g/mol. The van der Waals surface area contributed by atoms with Crippen LogP contribution < -0.4 is 0 Å². The number of hydrogen-bond acceptors (Lipinski definition) is 1. The van der Waals surface area contributed by atoms with E-state index in [-0.39, 0.29) is 0 Å². The fourth-order valence-corrected chi connectivity index (χ4v) is 10.3. The van der Waals surface area contributed by atoms with E-state index in [4.69, 9.17) is 4.43 Å². The Morgan fingerprint density at radius 2 is 1.79 bits per heavy atom. The van der Waals surface area contributed by atoms with E-state index in [0.29, 0.717) is 22.9 Å². The lowest BCUT2D eigenvalue weighted by molar-refractivity contribution is -0.0561. The first-order valence-electron chi connectivity index (χ1n) is 14.4. The third-order valence-electron chi connectivity index (χ3n) is 11.1.